The number of rotatable bonds is 2. The second-order valence-electron chi connectivity index (χ2n) is 3.16. The molecule has 60 valence electrons. The largest absolute Gasteiger partial charge is 0.465 e. The Morgan fingerprint density at radius 2 is 2.45 bits per heavy atom. The van der Waals surface area contributed by atoms with E-state index in [1.165, 1.54) is 6.92 Å². The van der Waals surface area contributed by atoms with E-state index in [4.69, 9.17) is 4.74 Å². The zero-order valence-electron chi connectivity index (χ0n) is 7.04. The second-order valence-corrected chi connectivity index (χ2v) is 3.16. The molecule has 0 aromatic rings. The Kier molecular flexibility index (Phi) is 2.74. The molecule has 0 fully saturated rings. The van der Waals surface area contributed by atoms with E-state index in [1.807, 2.05) is 0 Å². The lowest BCUT2D eigenvalue weighted by atomic mass is 9.86. The average molecular weight is 152 g/mol. The zero-order chi connectivity index (χ0) is 8.27. The van der Waals surface area contributed by atoms with Gasteiger partial charge in [-0.15, -0.1) is 0 Å². The van der Waals surface area contributed by atoms with Crippen molar-refractivity contribution in [3.05, 3.63) is 12.2 Å². The third kappa shape index (κ3) is 2.79. The molecular formula is C8H13BO2. The topological polar surface area (TPSA) is 26.3 Å². The van der Waals surface area contributed by atoms with Crippen molar-refractivity contribution in [3.8, 4) is 0 Å². The lowest BCUT2D eigenvalue weighted by molar-refractivity contribution is -0.141. The Morgan fingerprint density at radius 1 is 1.73 bits per heavy atom. The van der Waals surface area contributed by atoms with E-state index >= 15 is 0 Å². The third-order valence-electron chi connectivity index (χ3n) is 1.89. The van der Waals surface area contributed by atoms with Crippen LogP contribution in [0, 0.1) is 5.92 Å². The lowest BCUT2D eigenvalue weighted by Gasteiger charge is -2.07. The molecule has 0 saturated heterocycles. The van der Waals surface area contributed by atoms with E-state index < -0.39 is 0 Å². The third-order valence-corrected chi connectivity index (χ3v) is 1.89. The van der Waals surface area contributed by atoms with E-state index in [2.05, 4.69) is 20.0 Å². The first-order valence-corrected chi connectivity index (χ1v) is 4.00. The van der Waals surface area contributed by atoms with Crippen LogP contribution in [0.3, 0.4) is 0 Å². The van der Waals surface area contributed by atoms with Crippen LogP contribution in [-0.2, 0) is 9.53 Å². The number of hydrogen-bond acceptors (Lipinski definition) is 2. The number of carbonyl (C=O) groups is 1. The molecule has 1 rings (SSSR count). The van der Waals surface area contributed by atoms with Gasteiger partial charge in [-0.25, -0.2) is 0 Å². The van der Waals surface area contributed by atoms with Crippen LogP contribution in [-0.4, -0.2) is 20.4 Å². The number of hydrogen-bond donors (Lipinski definition) is 0. The van der Waals surface area contributed by atoms with Crippen LogP contribution in [0.2, 0.25) is 5.82 Å². The van der Waals surface area contributed by atoms with Crippen LogP contribution in [0.25, 0.3) is 0 Å². The van der Waals surface area contributed by atoms with E-state index in [0.717, 1.165) is 6.42 Å². The van der Waals surface area contributed by atoms with Gasteiger partial charge < -0.3 is 4.74 Å². The molecule has 0 N–H and O–H groups in total. The molecule has 2 nitrogen and oxygen atoms in total. The van der Waals surface area contributed by atoms with Crippen LogP contribution in [0.15, 0.2) is 12.2 Å². The highest BCUT2D eigenvalue weighted by molar-refractivity contribution is 6.13. The maximum absolute atomic E-state index is 10.4. The fraction of sp³-hybridized carbons (Fsp3) is 0.625. The molecule has 0 aliphatic heterocycles. The molecule has 2 atom stereocenters. The molecular weight excluding hydrogens is 139 g/mol. The van der Waals surface area contributed by atoms with Gasteiger partial charge in [0.15, 0.2) is 0 Å². The molecule has 0 radical (unpaired) electrons. The maximum Gasteiger partial charge on any atom is 0.302 e. The monoisotopic (exact) mass is 152 g/mol. The molecule has 0 heterocycles. The summed E-state index contributed by atoms with van der Waals surface area (Å²) in [4.78, 5) is 10.4. The van der Waals surface area contributed by atoms with Gasteiger partial charge in [0.2, 0.25) is 0 Å². The molecule has 0 aromatic carbocycles. The fourth-order valence-corrected chi connectivity index (χ4v) is 1.33. The minimum absolute atomic E-state index is 0.182. The summed E-state index contributed by atoms with van der Waals surface area (Å²) in [5.41, 5.74) is 0. The number of carbonyl (C=O) groups excluding carboxylic acids is 1. The van der Waals surface area contributed by atoms with Gasteiger partial charge in [-0.1, -0.05) is 18.0 Å². The van der Waals surface area contributed by atoms with Gasteiger partial charge in [-0.3, -0.25) is 4.79 Å². The van der Waals surface area contributed by atoms with Crippen LogP contribution in [0.4, 0.5) is 0 Å². The van der Waals surface area contributed by atoms with Crippen LogP contribution in [0.1, 0.15) is 13.3 Å². The molecule has 0 aromatic heterocycles. The normalized spacial score (nSPS) is 28.8. The van der Waals surface area contributed by atoms with Crippen molar-refractivity contribution in [2.24, 2.45) is 5.92 Å². The Bertz CT molecular complexity index is 177. The summed E-state index contributed by atoms with van der Waals surface area (Å²) in [5.74, 6) is 0.919. The van der Waals surface area contributed by atoms with Crippen molar-refractivity contribution in [2.75, 3.05) is 6.61 Å². The first-order chi connectivity index (χ1) is 5.18. The molecule has 0 bridgehead atoms. The highest BCUT2D eigenvalue weighted by Gasteiger charge is 2.15. The quantitative estimate of drug-likeness (QED) is 0.328. The summed E-state index contributed by atoms with van der Waals surface area (Å²) in [7, 11) is 2.17. The first kappa shape index (κ1) is 8.37. The number of allylic oxidation sites excluding steroid dienone is 1. The van der Waals surface area contributed by atoms with Crippen LogP contribution < -0.4 is 0 Å². The van der Waals surface area contributed by atoms with E-state index in [-0.39, 0.29) is 5.97 Å². The van der Waals surface area contributed by atoms with Gasteiger partial charge in [0, 0.05) is 12.8 Å². The average Bonchev–Trinajstić information content (AvgIpc) is 2.31. The van der Waals surface area contributed by atoms with Gasteiger partial charge in [0.1, 0.15) is 7.85 Å². The summed E-state index contributed by atoms with van der Waals surface area (Å²) in [5, 5.41) is 0. The predicted molar refractivity (Wildman–Crippen MR) is 46.2 cm³/mol. The van der Waals surface area contributed by atoms with Gasteiger partial charge in [-0.2, -0.15) is 0 Å². The minimum atomic E-state index is -0.182. The maximum atomic E-state index is 10.4. The van der Waals surface area contributed by atoms with E-state index in [9.17, 15) is 4.79 Å². The Labute approximate surface area is 68.0 Å². The molecule has 3 heteroatoms. The highest BCUT2D eigenvalue weighted by atomic mass is 16.5. The molecule has 0 amide bonds. The second kappa shape index (κ2) is 3.60. The van der Waals surface area contributed by atoms with Crippen LogP contribution >= 0.6 is 0 Å². The smallest absolute Gasteiger partial charge is 0.302 e. The van der Waals surface area contributed by atoms with Crippen molar-refractivity contribution in [2.45, 2.75) is 19.2 Å². The van der Waals surface area contributed by atoms with Crippen molar-refractivity contribution in [1.29, 1.82) is 0 Å². The molecule has 1 aliphatic carbocycles. The molecule has 1 aliphatic rings. The Balaban J connectivity index is 2.19. The molecule has 0 spiro atoms. The van der Waals surface area contributed by atoms with Crippen molar-refractivity contribution in [1.82, 2.24) is 0 Å². The highest BCUT2D eigenvalue weighted by Crippen LogP contribution is 2.25. The fourth-order valence-electron chi connectivity index (χ4n) is 1.33. The summed E-state index contributed by atoms with van der Waals surface area (Å²) < 4.78 is 4.88. The molecule has 11 heavy (non-hydrogen) atoms. The Hall–Kier alpha value is -0.725. The summed E-state index contributed by atoms with van der Waals surface area (Å²) in [6.45, 7) is 2.00. The Morgan fingerprint density at radius 3 is 2.91 bits per heavy atom. The van der Waals surface area contributed by atoms with Crippen molar-refractivity contribution >= 4 is 13.8 Å². The predicted octanol–water partition coefficient (Wildman–Crippen LogP) is 0.547. The van der Waals surface area contributed by atoms with Gasteiger partial charge in [0.05, 0.1) is 6.61 Å². The standard InChI is InChI=1S/C8H13BO2/c1-6(10)11-5-7-2-3-8(9)4-7/h2-3,7-8H,4-5,9H2,1H3. The van der Waals surface area contributed by atoms with Crippen molar-refractivity contribution < 1.29 is 9.53 Å². The van der Waals surface area contributed by atoms with Crippen molar-refractivity contribution in [3.63, 3.8) is 0 Å². The lowest BCUT2D eigenvalue weighted by Crippen LogP contribution is -2.08. The van der Waals surface area contributed by atoms with Gasteiger partial charge >= 0.3 is 5.97 Å². The minimum Gasteiger partial charge on any atom is -0.465 e. The summed E-state index contributed by atoms with van der Waals surface area (Å²) >= 11 is 0. The SMILES string of the molecule is BC1C=CC(COC(C)=O)C1. The van der Waals surface area contributed by atoms with E-state index in [1.54, 1.807) is 0 Å². The molecule has 2 unspecified atom stereocenters. The van der Waals surface area contributed by atoms with Crippen LogP contribution in [0.5, 0.6) is 0 Å². The van der Waals surface area contributed by atoms with Gasteiger partial charge in [-0.05, 0) is 6.42 Å². The zero-order valence-corrected chi connectivity index (χ0v) is 7.04. The van der Waals surface area contributed by atoms with E-state index in [0.29, 0.717) is 18.3 Å². The first-order valence-electron chi connectivity index (χ1n) is 4.00. The number of esters is 1. The summed E-state index contributed by atoms with van der Waals surface area (Å²) in [6, 6.07) is 0. The number of ether oxygens (including phenoxy) is 1. The summed E-state index contributed by atoms with van der Waals surface area (Å²) in [6.07, 6.45) is 5.43. The molecule has 0 saturated carbocycles. The van der Waals surface area contributed by atoms with Gasteiger partial charge in [0.25, 0.3) is 0 Å².